The van der Waals surface area contributed by atoms with Crippen LogP contribution in [0.1, 0.15) is 5.56 Å². The summed E-state index contributed by atoms with van der Waals surface area (Å²) in [5.74, 6) is 1.27. The van der Waals surface area contributed by atoms with Gasteiger partial charge in [-0.15, -0.1) is 0 Å². The third-order valence-corrected chi connectivity index (χ3v) is 2.99. The molecule has 6 nitrogen and oxygen atoms in total. The molecule has 2 rings (SSSR count). The number of rotatable bonds is 4. The molecule has 6 heteroatoms. The van der Waals surface area contributed by atoms with Gasteiger partial charge in [-0.3, -0.25) is 4.79 Å². The molecule has 0 atom stereocenters. The summed E-state index contributed by atoms with van der Waals surface area (Å²) in [6, 6.07) is 6.86. The summed E-state index contributed by atoms with van der Waals surface area (Å²) in [4.78, 5) is 11.7. The highest BCUT2D eigenvalue weighted by molar-refractivity contribution is 5.69. The molecule has 0 unspecified atom stereocenters. The number of hydrogen-bond acceptors (Lipinski definition) is 5. The Hall–Kier alpha value is -2.34. The lowest BCUT2D eigenvalue weighted by molar-refractivity contribution is 0.278. The van der Waals surface area contributed by atoms with Crippen molar-refractivity contribution in [3.05, 3.63) is 40.2 Å². The van der Waals surface area contributed by atoms with Crippen LogP contribution in [0.4, 0.5) is 0 Å². The molecular weight excluding hydrogens is 260 g/mol. The van der Waals surface area contributed by atoms with E-state index in [1.54, 1.807) is 38.5 Å². The second-order valence-electron chi connectivity index (χ2n) is 4.21. The normalized spacial score (nSPS) is 10.4. The average Bonchev–Trinajstić information content (AvgIpc) is 2.49. The number of aromatic nitrogens is 2. The molecule has 0 spiro atoms. The van der Waals surface area contributed by atoms with Gasteiger partial charge in [-0.25, -0.2) is 4.68 Å². The summed E-state index contributed by atoms with van der Waals surface area (Å²) < 4.78 is 11.7. The molecule has 0 amide bonds. The van der Waals surface area contributed by atoms with Crippen molar-refractivity contribution in [1.82, 2.24) is 9.78 Å². The topological polar surface area (TPSA) is 73.6 Å². The Morgan fingerprint density at radius 2 is 2.00 bits per heavy atom. The van der Waals surface area contributed by atoms with Gasteiger partial charge in [0.2, 0.25) is 0 Å². The van der Waals surface area contributed by atoms with Crippen LogP contribution in [0.5, 0.6) is 11.5 Å². The van der Waals surface area contributed by atoms with Gasteiger partial charge in [-0.2, -0.15) is 5.10 Å². The molecule has 0 saturated carbocycles. The first-order valence-electron chi connectivity index (χ1n) is 6.01. The minimum Gasteiger partial charge on any atom is -0.497 e. The molecule has 20 heavy (non-hydrogen) atoms. The molecule has 0 radical (unpaired) electrons. The van der Waals surface area contributed by atoms with Crippen LogP contribution in [0.2, 0.25) is 0 Å². The van der Waals surface area contributed by atoms with Crippen molar-refractivity contribution >= 4 is 0 Å². The van der Waals surface area contributed by atoms with Gasteiger partial charge in [0.25, 0.3) is 5.56 Å². The number of ether oxygens (including phenoxy) is 2. The molecule has 0 bridgehead atoms. The monoisotopic (exact) mass is 276 g/mol. The Morgan fingerprint density at radius 3 is 2.60 bits per heavy atom. The van der Waals surface area contributed by atoms with Crippen molar-refractivity contribution in [1.29, 1.82) is 0 Å². The molecule has 0 aliphatic carbocycles. The molecule has 2 aromatic rings. The zero-order chi connectivity index (χ0) is 14.7. The van der Waals surface area contributed by atoms with E-state index in [4.69, 9.17) is 9.47 Å². The lowest BCUT2D eigenvalue weighted by atomic mass is 10.1. The van der Waals surface area contributed by atoms with Gasteiger partial charge in [0.1, 0.15) is 11.5 Å². The fraction of sp³-hybridized carbons (Fsp3) is 0.286. The zero-order valence-electron chi connectivity index (χ0n) is 11.6. The predicted molar refractivity (Wildman–Crippen MR) is 73.9 cm³/mol. The van der Waals surface area contributed by atoms with E-state index >= 15 is 0 Å². The molecule has 0 aliphatic heterocycles. The number of aliphatic hydroxyl groups is 1. The van der Waals surface area contributed by atoms with Crippen LogP contribution in [0.15, 0.2) is 29.1 Å². The average molecular weight is 276 g/mol. The maximum atomic E-state index is 11.7. The third kappa shape index (κ3) is 2.50. The van der Waals surface area contributed by atoms with Gasteiger partial charge in [-0.1, -0.05) is 0 Å². The Balaban J connectivity index is 2.67. The van der Waals surface area contributed by atoms with Gasteiger partial charge < -0.3 is 14.6 Å². The Bertz CT molecular complexity index is 679. The third-order valence-electron chi connectivity index (χ3n) is 2.99. The van der Waals surface area contributed by atoms with E-state index in [1.165, 1.54) is 11.7 Å². The van der Waals surface area contributed by atoms with Gasteiger partial charge >= 0.3 is 0 Å². The van der Waals surface area contributed by atoms with E-state index < -0.39 is 0 Å². The number of benzene rings is 1. The van der Waals surface area contributed by atoms with Crippen LogP contribution in [0, 0.1) is 0 Å². The van der Waals surface area contributed by atoms with E-state index in [-0.39, 0.29) is 17.7 Å². The maximum Gasteiger partial charge on any atom is 0.272 e. The summed E-state index contributed by atoms with van der Waals surface area (Å²) in [6.45, 7) is -0.339. The van der Waals surface area contributed by atoms with Crippen LogP contribution in [0.3, 0.4) is 0 Å². The van der Waals surface area contributed by atoms with Crippen LogP contribution in [-0.2, 0) is 13.7 Å². The number of hydrogen-bond donors (Lipinski definition) is 1. The molecular formula is C14H16N2O4. The largest absolute Gasteiger partial charge is 0.497 e. The van der Waals surface area contributed by atoms with Crippen molar-refractivity contribution in [2.75, 3.05) is 14.2 Å². The highest BCUT2D eigenvalue weighted by atomic mass is 16.5. The van der Waals surface area contributed by atoms with E-state index in [0.29, 0.717) is 22.8 Å². The van der Waals surface area contributed by atoms with E-state index in [0.717, 1.165) is 0 Å². The molecule has 0 fully saturated rings. The summed E-state index contributed by atoms with van der Waals surface area (Å²) in [7, 11) is 4.66. The number of aliphatic hydroxyl groups excluding tert-OH is 1. The first kappa shape index (κ1) is 14.1. The Labute approximate surface area is 116 Å². The summed E-state index contributed by atoms with van der Waals surface area (Å²) in [6.07, 6.45) is 0. The fourth-order valence-electron chi connectivity index (χ4n) is 1.93. The van der Waals surface area contributed by atoms with Crippen LogP contribution in [-0.4, -0.2) is 29.1 Å². The van der Waals surface area contributed by atoms with Crippen molar-refractivity contribution in [3.63, 3.8) is 0 Å². The lowest BCUT2D eigenvalue weighted by Crippen LogP contribution is -2.23. The maximum absolute atomic E-state index is 11.7. The molecule has 0 aliphatic rings. The molecule has 1 heterocycles. The van der Waals surface area contributed by atoms with Gasteiger partial charge in [0, 0.05) is 18.2 Å². The quantitative estimate of drug-likeness (QED) is 0.900. The van der Waals surface area contributed by atoms with E-state index in [9.17, 15) is 9.90 Å². The minimum absolute atomic E-state index is 0.280. The van der Waals surface area contributed by atoms with Gasteiger partial charge in [0.05, 0.1) is 26.5 Å². The second kappa shape index (κ2) is 5.75. The Kier molecular flexibility index (Phi) is 4.05. The first-order chi connectivity index (χ1) is 9.60. The summed E-state index contributed by atoms with van der Waals surface area (Å²) in [5, 5.41) is 13.4. The van der Waals surface area contributed by atoms with Crippen molar-refractivity contribution in [3.8, 4) is 22.8 Å². The molecule has 106 valence electrons. The molecule has 1 aromatic heterocycles. The standard InChI is InChI=1S/C14H16N2O4/c1-16-14(18)9(8-17)6-12(15-16)11-7-10(19-2)4-5-13(11)20-3/h4-7,17H,8H2,1-3H3. The molecule has 1 aromatic carbocycles. The summed E-state index contributed by atoms with van der Waals surface area (Å²) >= 11 is 0. The summed E-state index contributed by atoms with van der Waals surface area (Å²) in [5.41, 5.74) is 1.18. The second-order valence-corrected chi connectivity index (χ2v) is 4.21. The van der Waals surface area contributed by atoms with Crippen molar-refractivity contribution in [2.45, 2.75) is 6.61 Å². The SMILES string of the molecule is COc1ccc(OC)c(-c2cc(CO)c(=O)n(C)n2)c1. The lowest BCUT2D eigenvalue weighted by Gasteiger charge is -2.11. The number of methoxy groups -OCH3 is 2. The smallest absolute Gasteiger partial charge is 0.272 e. The van der Waals surface area contributed by atoms with Crippen LogP contribution < -0.4 is 15.0 Å². The van der Waals surface area contributed by atoms with Crippen molar-refractivity contribution < 1.29 is 14.6 Å². The molecule has 0 saturated heterocycles. The highest BCUT2D eigenvalue weighted by Crippen LogP contribution is 2.32. The Morgan fingerprint density at radius 1 is 1.25 bits per heavy atom. The number of aryl methyl sites for hydroxylation is 1. The minimum atomic E-state index is -0.339. The molecule has 1 N–H and O–H groups in total. The van der Waals surface area contributed by atoms with E-state index in [2.05, 4.69) is 5.10 Å². The van der Waals surface area contributed by atoms with Crippen molar-refractivity contribution in [2.24, 2.45) is 7.05 Å². The van der Waals surface area contributed by atoms with Gasteiger partial charge in [0.15, 0.2) is 0 Å². The fourth-order valence-corrected chi connectivity index (χ4v) is 1.93. The first-order valence-corrected chi connectivity index (χ1v) is 6.01. The zero-order valence-corrected chi connectivity index (χ0v) is 11.6. The van der Waals surface area contributed by atoms with Crippen LogP contribution in [0.25, 0.3) is 11.3 Å². The predicted octanol–water partition coefficient (Wildman–Crippen LogP) is 0.957. The van der Waals surface area contributed by atoms with Gasteiger partial charge in [-0.05, 0) is 24.3 Å². The highest BCUT2D eigenvalue weighted by Gasteiger charge is 2.12. The van der Waals surface area contributed by atoms with Crippen LogP contribution >= 0.6 is 0 Å². The number of nitrogens with zero attached hydrogens (tertiary/aromatic N) is 2. The van der Waals surface area contributed by atoms with E-state index in [1.807, 2.05) is 0 Å².